The van der Waals surface area contributed by atoms with Gasteiger partial charge >= 0.3 is 0 Å². The van der Waals surface area contributed by atoms with Crippen molar-refractivity contribution >= 4 is 17.1 Å². The average Bonchev–Trinajstić information content (AvgIpc) is 2.62. The lowest BCUT2D eigenvalue weighted by molar-refractivity contribution is -0.384. The summed E-state index contributed by atoms with van der Waals surface area (Å²) in [6.07, 6.45) is 0. The molecule has 3 aromatic rings. The van der Waals surface area contributed by atoms with E-state index in [4.69, 9.17) is 0 Å². The Morgan fingerprint density at radius 3 is 1.58 bits per heavy atom. The van der Waals surface area contributed by atoms with Crippen LogP contribution in [-0.2, 0) is 0 Å². The SMILES string of the molecule is Cc1ccc(N=Nc2ccc(-c3ccc([N+](=O)[O-])cc3)cc2)cc1. The molecule has 0 aliphatic rings. The molecule has 5 nitrogen and oxygen atoms in total. The summed E-state index contributed by atoms with van der Waals surface area (Å²) in [4.78, 5) is 10.3. The van der Waals surface area contributed by atoms with Crippen LogP contribution in [-0.4, -0.2) is 4.92 Å². The minimum atomic E-state index is -0.404. The molecule has 0 radical (unpaired) electrons. The average molecular weight is 317 g/mol. The van der Waals surface area contributed by atoms with Crippen molar-refractivity contribution in [3.8, 4) is 11.1 Å². The molecule has 0 unspecified atom stereocenters. The fourth-order valence-corrected chi connectivity index (χ4v) is 2.22. The molecule has 118 valence electrons. The van der Waals surface area contributed by atoms with Crippen LogP contribution in [0.5, 0.6) is 0 Å². The highest BCUT2D eigenvalue weighted by atomic mass is 16.6. The molecule has 0 aromatic heterocycles. The van der Waals surface area contributed by atoms with Gasteiger partial charge in [0, 0.05) is 12.1 Å². The number of benzene rings is 3. The highest BCUT2D eigenvalue weighted by Crippen LogP contribution is 2.25. The second-order valence-electron chi connectivity index (χ2n) is 5.39. The third-order valence-corrected chi connectivity index (χ3v) is 3.59. The number of hydrogen-bond donors (Lipinski definition) is 0. The van der Waals surface area contributed by atoms with Crippen molar-refractivity contribution in [2.24, 2.45) is 10.2 Å². The second kappa shape index (κ2) is 6.83. The predicted molar refractivity (Wildman–Crippen MR) is 93.9 cm³/mol. The van der Waals surface area contributed by atoms with Gasteiger partial charge in [0.1, 0.15) is 0 Å². The number of azo groups is 1. The van der Waals surface area contributed by atoms with Gasteiger partial charge < -0.3 is 0 Å². The van der Waals surface area contributed by atoms with E-state index >= 15 is 0 Å². The molecule has 0 fully saturated rings. The lowest BCUT2D eigenvalue weighted by atomic mass is 10.1. The molecule has 24 heavy (non-hydrogen) atoms. The summed E-state index contributed by atoms with van der Waals surface area (Å²) in [5.41, 5.74) is 4.71. The summed E-state index contributed by atoms with van der Waals surface area (Å²) in [5, 5.41) is 19.1. The molecule has 0 atom stereocenters. The molecule has 0 spiro atoms. The maximum absolute atomic E-state index is 10.7. The molecule has 0 aliphatic heterocycles. The molecule has 0 saturated heterocycles. The Labute approximate surface area is 139 Å². The Morgan fingerprint density at radius 1 is 0.708 bits per heavy atom. The van der Waals surface area contributed by atoms with Crippen molar-refractivity contribution in [3.05, 3.63) is 88.5 Å². The Balaban J connectivity index is 1.75. The summed E-state index contributed by atoms with van der Waals surface area (Å²) < 4.78 is 0. The van der Waals surface area contributed by atoms with Gasteiger partial charge in [0.25, 0.3) is 5.69 Å². The zero-order chi connectivity index (χ0) is 16.9. The van der Waals surface area contributed by atoms with Crippen molar-refractivity contribution in [2.75, 3.05) is 0 Å². The van der Waals surface area contributed by atoms with Gasteiger partial charge in [-0.1, -0.05) is 29.8 Å². The molecule has 3 rings (SSSR count). The van der Waals surface area contributed by atoms with Crippen molar-refractivity contribution in [3.63, 3.8) is 0 Å². The van der Waals surface area contributed by atoms with Gasteiger partial charge in [0.05, 0.1) is 16.3 Å². The van der Waals surface area contributed by atoms with Gasteiger partial charge in [0.15, 0.2) is 0 Å². The van der Waals surface area contributed by atoms with E-state index in [1.807, 2.05) is 55.5 Å². The summed E-state index contributed by atoms with van der Waals surface area (Å²) in [6.45, 7) is 2.03. The Bertz CT molecular complexity index is 868. The molecule has 3 aromatic carbocycles. The number of rotatable bonds is 4. The number of aryl methyl sites for hydroxylation is 1. The Hall–Kier alpha value is -3.34. The summed E-state index contributed by atoms with van der Waals surface area (Å²) in [6, 6.07) is 21.9. The topological polar surface area (TPSA) is 67.9 Å². The first kappa shape index (κ1) is 15.6. The van der Waals surface area contributed by atoms with E-state index in [1.165, 1.54) is 17.7 Å². The standard InChI is InChI=1S/C19H15N3O2/c1-14-2-8-17(9-3-14)20-21-18-10-4-15(5-11-18)16-6-12-19(13-7-16)22(23)24/h2-13H,1H3. The van der Waals surface area contributed by atoms with Gasteiger partial charge in [-0.3, -0.25) is 10.1 Å². The lowest BCUT2D eigenvalue weighted by Gasteiger charge is -2.01. The minimum absolute atomic E-state index is 0.0854. The maximum atomic E-state index is 10.7. The van der Waals surface area contributed by atoms with Crippen LogP contribution in [0.15, 0.2) is 83.0 Å². The maximum Gasteiger partial charge on any atom is 0.269 e. The van der Waals surface area contributed by atoms with E-state index in [-0.39, 0.29) is 5.69 Å². The minimum Gasteiger partial charge on any atom is -0.258 e. The van der Waals surface area contributed by atoms with Gasteiger partial charge in [-0.2, -0.15) is 10.2 Å². The van der Waals surface area contributed by atoms with Crippen LogP contribution in [0.25, 0.3) is 11.1 Å². The van der Waals surface area contributed by atoms with Crippen molar-refractivity contribution in [1.29, 1.82) is 0 Å². The van der Waals surface area contributed by atoms with Crippen LogP contribution in [0, 0.1) is 17.0 Å². The number of hydrogen-bond acceptors (Lipinski definition) is 4. The van der Waals surface area contributed by atoms with Crippen molar-refractivity contribution in [2.45, 2.75) is 6.92 Å². The predicted octanol–water partition coefficient (Wildman–Crippen LogP) is 5.99. The number of nitro groups is 1. The highest BCUT2D eigenvalue weighted by molar-refractivity contribution is 5.66. The first-order valence-electron chi connectivity index (χ1n) is 7.45. The van der Waals surface area contributed by atoms with E-state index in [1.54, 1.807) is 12.1 Å². The zero-order valence-electron chi connectivity index (χ0n) is 13.1. The van der Waals surface area contributed by atoms with Crippen molar-refractivity contribution < 1.29 is 4.92 Å². The van der Waals surface area contributed by atoms with Gasteiger partial charge in [-0.25, -0.2) is 0 Å². The molecule has 0 heterocycles. The molecular formula is C19H15N3O2. The smallest absolute Gasteiger partial charge is 0.258 e. The summed E-state index contributed by atoms with van der Waals surface area (Å²) in [5.74, 6) is 0. The molecule has 0 amide bonds. The largest absolute Gasteiger partial charge is 0.269 e. The normalized spacial score (nSPS) is 10.9. The van der Waals surface area contributed by atoms with Crippen LogP contribution < -0.4 is 0 Å². The Morgan fingerprint density at radius 2 is 1.12 bits per heavy atom. The zero-order valence-corrected chi connectivity index (χ0v) is 13.1. The third kappa shape index (κ3) is 3.70. The molecule has 0 aliphatic carbocycles. The van der Waals surface area contributed by atoms with E-state index < -0.39 is 4.92 Å². The van der Waals surface area contributed by atoms with E-state index in [2.05, 4.69) is 10.2 Å². The third-order valence-electron chi connectivity index (χ3n) is 3.59. The molecule has 0 N–H and O–H groups in total. The van der Waals surface area contributed by atoms with Crippen LogP contribution in [0.1, 0.15) is 5.56 Å². The van der Waals surface area contributed by atoms with Crippen LogP contribution in [0.3, 0.4) is 0 Å². The van der Waals surface area contributed by atoms with Gasteiger partial charge in [-0.15, -0.1) is 0 Å². The summed E-state index contributed by atoms with van der Waals surface area (Å²) in [7, 11) is 0. The van der Waals surface area contributed by atoms with Crippen LogP contribution >= 0.6 is 0 Å². The quantitative estimate of drug-likeness (QED) is 0.337. The number of nitro benzene ring substituents is 1. The molecule has 5 heteroatoms. The lowest BCUT2D eigenvalue weighted by Crippen LogP contribution is -1.86. The van der Waals surface area contributed by atoms with E-state index in [9.17, 15) is 10.1 Å². The first-order valence-corrected chi connectivity index (χ1v) is 7.45. The number of nitrogens with zero attached hydrogens (tertiary/aromatic N) is 3. The summed E-state index contributed by atoms with van der Waals surface area (Å²) >= 11 is 0. The fourth-order valence-electron chi connectivity index (χ4n) is 2.22. The van der Waals surface area contributed by atoms with Gasteiger partial charge in [-0.05, 0) is 54.4 Å². The monoisotopic (exact) mass is 317 g/mol. The highest BCUT2D eigenvalue weighted by Gasteiger charge is 2.05. The molecule has 0 bridgehead atoms. The molecular weight excluding hydrogens is 302 g/mol. The number of non-ortho nitro benzene ring substituents is 1. The molecule has 0 saturated carbocycles. The van der Waals surface area contributed by atoms with Crippen LogP contribution in [0.4, 0.5) is 17.1 Å². The Kier molecular flexibility index (Phi) is 4.43. The fraction of sp³-hybridized carbons (Fsp3) is 0.0526. The van der Waals surface area contributed by atoms with E-state index in [0.717, 1.165) is 22.5 Å². The first-order chi connectivity index (χ1) is 11.6. The second-order valence-corrected chi connectivity index (χ2v) is 5.39. The van der Waals surface area contributed by atoms with E-state index in [0.29, 0.717) is 0 Å². The van der Waals surface area contributed by atoms with Crippen molar-refractivity contribution in [1.82, 2.24) is 0 Å². The van der Waals surface area contributed by atoms with Gasteiger partial charge in [0.2, 0.25) is 0 Å². The van der Waals surface area contributed by atoms with Crippen LogP contribution in [0.2, 0.25) is 0 Å².